The van der Waals surface area contributed by atoms with Crippen LogP contribution in [0.4, 0.5) is 0 Å². The van der Waals surface area contributed by atoms with E-state index < -0.39 is 0 Å². The van der Waals surface area contributed by atoms with Crippen LogP contribution in [0.2, 0.25) is 0 Å². The Kier molecular flexibility index (Phi) is 9.94. The van der Waals surface area contributed by atoms with E-state index in [1.165, 1.54) is 0 Å². The Balaban J connectivity index is 0.000000238. The molecule has 0 radical (unpaired) electrons. The Bertz CT molecular complexity index is 1590. The molecule has 0 fully saturated rings. The summed E-state index contributed by atoms with van der Waals surface area (Å²) >= 11 is 0. The Morgan fingerprint density at radius 2 is 1.38 bits per heavy atom. The van der Waals surface area contributed by atoms with Crippen LogP contribution in [0.25, 0.3) is 16.9 Å². The van der Waals surface area contributed by atoms with E-state index in [-0.39, 0.29) is 20.1 Å². The summed E-state index contributed by atoms with van der Waals surface area (Å²) in [6, 6.07) is 41.8. The Hall–Kier alpha value is -4.58. The fraction of sp³-hybridized carbons (Fsp3) is 0.0606. The number of pyridine rings is 2. The first-order valence-electron chi connectivity index (χ1n) is 12.4. The molecule has 0 saturated heterocycles. The van der Waals surface area contributed by atoms with Crippen LogP contribution in [0, 0.1) is 32.0 Å². The first-order chi connectivity index (χ1) is 19.1. The third kappa shape index (κ3) is 7.73. The van der Waals surface area contributed by atoms with Crippen molar-refractivity contribution in [1.82, 2.24) is 19.7 Å². The maximum absolute atomic E-state index is 5.91. The van der Waals surface area contributed by atoms with Gasteiger partial charge in [0.25, 0.3) is 0 Å². The molecule has 6 aromatic rings. The molecule has 198 valence electrons. The second-order valence-corrected chi connectivity index (χ2v) is 8.48. The molecule has 0 amide bonds. The minimum atomic E-state index is 0. The zero-order valence-electron chi connectivity index (χ0n) is 21.9. The topological polar surface area (TPSA) is 62.1 Å². The monoisotopic (exact) mass is 702 g/mol. The molecule has 0 unspecified atom stereocenters. The number of nitrogens with zero attached hydrogens (tertiary/aromatic N) is 4. The van der Waals surface area contributed by atoms with Crippen molar-refractivity contribution >= 4 is 0 Å². The summed E-state index contributed by atoms with van der Waals surface area (Å²) in [5, 5.41) is 4.48. The molecule has 0 N–H and O–H groups in total. The largest absolute Gasteiger partial charge is 3.00 e. The molecule has 0 atom stereocenters. The summed E-state index contributed by atoms with van der Waals surface area (Å²) in [6.45, 7) is 3.97. The molecule has 0 aliphatic heterocycles. The number of aromatic nitrogens is 4. The number of ether oxygens (including phenoxy) is 2. The molecule has 7 heteroatoms. The standard InChI is InChI=1S/C22H17N3O2.C11H8N.Ir/c1-16-13-17(2)25(24-16)18-7-5-8-19(14-18)26-20-9-6-10-21(15-20)27-22-11-3-4-12-23-22;1-2-6-10(7-3-1)11-8-4-5-9-12-11;/h3-13H,1-2H3;1-6,8-9H;/q-2;-1;+3. The van der Waals surface area contributed by atoms with Gasteiger partial charge >= 0.3 is 20.1 Å². The molecular weight excluding hydrogens is 677 g/mol. The van der Waals surface area contributed by atoms with Crippen molar-refractivity contribution in [3.05, 3.63) is 145 Å². The van der Waals surface area contributed by atoms with Gasteiger partial charge in [0.15, 0.2) is 0 Å². The second-order valence-electron chi connectivity index (χ2n) is 8.48. The fourth-order valence-corrected chi connectivity index (χ4v) is 3.75. The smallest absolute Gasteiger partial charge is 0.509 e. The number of hydrogen-bond acceptors (Lipinski definition) is 5. The van der Waals surface area contributed by atoms with E-state index in [9.17, 15) is 0 Å². The average molecular weight is 702 g/mol. The van der Waals surface area contributed by atoms with E-state index in [1.54, 1.807) is 24.5 Å². The SMILES string of the molecule is Cc1cc(C)n(-c2[c-]c(Oc3[c-]c(Oc4ccccn4)ccc3)ccc2)n1.[Ir+3].[c-]1ccccc1-c1ccccn1. The summed E-state index contributed by atoms with van der Waals surface area (Å²) < 4.78 is 13.4. The van der Waals surface area contributed by atoms with Crippen LogP contribution in [-0.2, 0) is 20.1 Å². The predicted octanol–water partition coefficient (Wildman–Crippen LogP) is 7.62. The van der Waals surface area contributed by atoms with Gasteiger partial charge in [-0.2, -0.15) is 17.2 Å². The molecular formula is C33H25IrN4O2. The number of aryl methyl sites for hydroxylation is 2. The van der Waals surface area contributed by atoms with Crippen molar-refractivity contribution in [3.8, 4) is 40.1 Å². The van der Waals surface area contributed by atoms with Crippen LogP contribution < -0.4 is 9.47 Å². The van der Waals surface area contributed by atoms with Crippen molar-refractivity contribution in [2.24, 2.45) is 0 Å². The zero-order chi connectivity index (χ0) is 26.9. The molecule has 0 bridgehead atoms. The van der Waals surface area contributed by atoms with Gasteiger partial charge in [-0.1, -0.05) is 24.3 Å². The van der Waals surface area contributed by atoms with Crippen LogP contribution in [0.1, 0.15) is 11.4 Å². The van der Waals surface area contributed by atoms with Crippen LogP contribution >= 0.6 is 0 Å². The third-order valence-corrected chi connectivity index (χ3v) is 5.45. The van der Waals surface area contributed by atoms with Gasteiger partial charge in [-0.3, -0.25) is 4.68 Å². The first-order valence-corrected chi connectivity index (χ1v) is 12.4. The van der Waals surface area contributed by atoms with E-state index in [2.05, 4.69) is 33.3 Å². The zero-order valence-corrected chi connectivity index (χ0v) is 24.3. The summed E-state index contributed by atoms with van der Waals surface area (Å²) in [5.74, 6) is 2.14. The van der Waals surface area contributed by atoms with Crippen molar-refractivity contribution in [2.75, 3.05) is 0 Å². The molecule has 3 heterocycles. The van der Waals surface area contributed by atoms with Gasteiger partial charge in [-0.05, 0) is 43.4 Å². The normalized spacial score (nSPS) is 10.1. The summed E-state index contributed by atoms with van der Waals surface area (Å²) in [5.41, 5.74) is 4.83. The van der Waals surface area contributed by atoms with Gasteiger partial charge in [-0.15, -0.1) is 66.2 Å². The van der Waals surface area contributed by atoms with Gasteiger partial charge in [-0.25, -0.2) is 4.98 Å². The van der Waals surface area contributed by atoms with E-state index >= 15 is 0 Å². The minimum Gasteiger partial charge on any atom is -0.509 e. The van der Waals surface area contributed by atoms with Gasteiger partial charge in [0, 0.05) is 41.4 Å². The van der Waals surface area contributed by atoms with Gasteiger partial charge in [0.05, 0.1) is 5.69 Å². The molecule has 3 aromatic carbocycles. The molecule has 0 spiro atoms. The van der Waals surface area contributed by atoms with Crippen molar-refractivity contribution in [2.45, 2.75) is 13.8 Å². The molecule has 6 nitrogen and oxygen atoms in total. The van der Waals surface area contributed by atoms with Crippen LogP contribution in [-0.4, -0.2) is 19.7 Å². The van der Waals surface area contributed by atoms with Crippen molar-refractivity contribution in [3.63, 3.8) is 0 Å². The molecule has 3 aromatic heterocycles. The number of hydrogen-bond donors (Lipinski definition) is 0. The Morgan fingerprint density at radius 3 is 2.02 bits per heavy atom. The van der Waals surface area contributed by atoms with E-state index in [4.69, 9.17) is 9.47 Å². The summed E-state index contributed by atoms with van der Waals surface area (Å²) in [7, 11) is 0. The van der Waals surface area contributed by atoms with Crippen molar-refractivity contribution in [1.29, 1.82) is 0 Å². The van der Waals surface area contributed by atoms with E-state index in [0.29, 0.717) is 23.1 Å². The number of rotatable bonds is 6. The van der Waals surface area contributed by atoms with Gasteiger partial charge < -0.3 is 14.5 Å². The average Bonchev–Trinajstić information content (AvgIpc) is 3.33. The maximum atomic E-state index is 5.91. The summed E-state index contributed by atoms with van der Waals surface area (Å²) in [4.78, 5) is 8.36. The number of benzene rings is 3. The van der Waals surface area contributed by atoms with Crippen LogP contribution in [0.3, 0.4) is 0 Å². The van der Waals surface area contributed by atoms with Crippen LogP contribution in [0.5, 0.6) is 23.1 Å². The minimum absolute atomic E-state index is 0. The third-order valence-electron chi connectivity index (χ3n) is 5.45. The maximum Gasteiger partial charge on any atom is 3.00 e. The Morgan fingerprint density at radius 1 is 0.675 bits per heavy atom. The molecule has 0 saturated carbocycles. The molecule has 0 aliphatic rings. The van der Waals surface area contributed by atoms with Gasteiger partial charge in [0.2, 0.25) is 5.88 Å². The predicted molar refractivity (Wildman–Crippen MR) is 150 cm³/mol. The van der Waals surface area contributed by atoms with Gasteiger partial charge in [0.1, 0.15) is 0 Å². The molecule has 6 rings (SSSR count). The second kappa shape index (κ2) is 14.0. The quantitative estimate of drug-likeness (QED) is 0.167. The fourth-order valence-electron chi connectivity index (χ4n) is 3.75. The molecule has 40 heavy (non-hydrogen) atoms. The first kappa shape index (κ1) is 28.4. The molecule has 0 aliphatic carbocycles. The summed E-state index contributed by atoms with van der Waals surface area (Å²) in [6.07, 6.45) is 3.46. The van der Waals surface area contributed by atoms with E-state index in [0.717, 1.165) is 28.3 Å². The van der Waals surface area contributed by atoms with Crippen molar-refractivity contribution < 1.29 is 29.6 Å². The van der Waals surface area contributed by atoms with E-state index in [1.807, 2.05) is 110 Å². The Labute approximate surface area is 247 Å². The van der Waals surface area contributed by atoms with Crippen LogP contribution in [0.15, 0.2) is 116 Å².